The minimum absolute atomic E-state index is 0.0576. The van der Waals surface area contributed by atoms with Gasteiger partial charge >= 0.3 is 0 Å². The minimum Gasteiger partial charge on any atom is -0.387 e. The first-order chi connectivity index (χ1) is 16.6. The van der Waals surface area contributed by atoms with Crippen LogP contribution in [0.15, 0.2) is 24.5 Å². The summed E-state index contributed by atoms with van der Waals surface area (Å²) in [6.45, 7) is 8.61. The minimum atomic E-state index is -0.612. The number of piperazine rings is 1. The van der Waals surface area contributed by atoms with Crippen molar-refractivity contribution < 1.29 is 14.3 Å². The van der Waals surface area contributed by atoms with Crippen molar-refractivity contribution >= 4 is 23.3 Å². The number of aromatic nitrogens is 2. The van der Waals surface area contributed by atoms with Gasteiger partial charge < -0.3 is 20.2 Å². The molecule has 0 bridgehead atoms. The van der Waals surface area contributed by atoms with Gasteiger partial charge in [-0.15, -0.1) is 0 Å². The number of carbonyl (C=O) groups excluding carboxylic acids is 1. The van der Waals surface area contributed by atoms with E-state index in [1.54, 1.807) is 12.1 Å². The molecule has 0 spiro atoms. The highest BCUT2D eigenvalue weighted by Gasteiger charge is 2.42. The van der Waals surface area contributed by atoms with E-state index >= 15 is 4.39 Å². The average Bonchev–Trinajstić information content (AvgIpc) is 3.33. The fourth-order valence-corrected chi connectivity index (χ4v) is 6.14. The smallest absolute Gasteiger partial charge is 0.231 e. The summed E-state index contributed by atoms with van der Waals surface area (Å²) >= 11 is 6.01. The van der Waals surface area contributed by atoms with Gasteiger partial charge in [-0.25, -0.2) is 14.4 Å². The highest BCUT2D eigenvalue weighted by Crippen LogP contribution is 2.43. The van der Waals surface area contributed by atoms with Crippen LogP contribution in [-0.4, -0.2) is 63.6 Å². The maximum atomic E-state index is 15.0. The first-order valence-electron chi connectivity index (χ1n) is 12.4. The summed E-state index contributed by atoms with van der Waals surface area (Å²) in [6, 6.07) is 4.46. The van der Waals surface area contributed by atoms with Crippen molar-refractivity contribution in [3.8, 4) is 0 Å². The first-order valence-corrected chi connectivity index (χ1v) is 12.8. The summed E-state index contributed by atoms with van der Waals surface area (Å²) in [5.41, 5.74) is 2.03. The van der Waals surface area contributed by atoms with E-state index in [2.05, 4.69) is 41.0 Å². The topological polar surface area (TPSA) is 81.6 Å². The number of benzene rings is 1. The second-order valence-electron chi connectivity index (χ2n) is 10.8. The van der Waals surface area contributed by atoms with E-state index < -0.39 is 17.8 Å². The van der Waals surface area contributed by atoms with Gasteiger partial charge in [0.05, 0.1) is 17.7 Å². The Morgan fingerprint density at radius 1 is 1.26 bits per heavy atom. The quantitative estimate of drug-likeness (QED) is 0.663. The van der Waals surface area contributed by atoms with Gasteiger partial charge in [0.2, 0.25) is 5.91 Å². The third kappa shape index (κ3) is 4.63. The van der Waals surface area contributed by atoms with Gasteiger partial charge in [0, 0.05) is 53.9 Å². The highest BCUT2D eigenvalue weighted by atomic mass is 35.5. The molecule has 2 saturated heterocycles. The number of amides is 1. The monoisotopic (exact) mass is 501 g/mol. The molecule has 1 aliphatic carbocycles. The van der Waals surface area contributed by atoms with Crippen LogP contribution in [0.25, 0.3) is 0 Å². The normalized spacial score (nSPS) is 26.6. The van der Waals surface area contributed by atoms with Crippen LogP contribution in [0, 0.1) is 5.82 Å². The van der Waals surface area contributed by atoms with Crippen molar-refractivity contribution in [2.24, 2.45) is 0 Å². The number of nitrogens with one attached hydrogen (secondary N) is 1. The van der Waals surface area contributed by atoms with Crippen molar-refractivity contribution in [3.05, 3.63) is 52.2 Å². The van der Waals surface area contributed by atoms with Gasteiger partial charge in [-0.3, -0.25) is 4.79 Å². The van der Waals surface area contributed by atoms with E-state index in [1.165, 1.54) is 12.4 Å². The van der Waals surface area contributed by atoms with Crippen LogP contribution in [0.4, 0.5) is 10.2 Å². The summed E-state index contributed by atoms with van der Waals surface area (Å²) in [6.07, 6.45) is 3.34. The van der Waals surface area contributed by atoms with E-state index in [4.69, 9.17) is 11.6 Å². The Balaban J connectivity index is 1.36. The van der Waals surface area contributed by atoms with Crippen LogP contribution in [-0.2, 0) is 4.79 Å². The maximum Gasteiger partial charge on any atom is 0.231 e. The van der Waals surface area contributed by atoms with E-state index in [-0.39, 0.29) is 23.4 Å². The van der Waals surface area contributed by atoms with Crippen LogP contribution in [0.1, 0.15) is 74.8 Å². The molecule has 0 radical (unpaired) electrons. The number of carbonyl (C=O) groups is 1. The molecule has 1 amide bonds. The lowest BCUT2D eigenvalue weighted by Gasteiger charge is -2.39. The number of hydrogen-bond donors (Lipinski definition) is 2. The molecule has 2 N–H and O–H groups in total. The highest BCUT2D eigenvalue weighted by molar-refractivity contribution is 6.30. The molecule has 3 aliphatic rings. The molecule has 2 aromatic rings. The zero-order valence-corrected chi connectivity index (χ0v) is 21.2. The van der Waals surface area contributed by atoms with E-state index in [9.17, 15) is 9.90 Å². The molecule has 188 valence electrons. The largest absolute Gasteiger partial charge is 0.387 e. The molecule has 4 atom stereocenters. The molecule has 2 aliphatic heterocycles. The predicted octanol–water partition coefficient (Wildman–Crippen LogP) is 3.77. The maximum absolute atomic E-state index is 15.0. The molecule has 2 unspecified atom stereocenters. The van der Waals surface area contributed by atoms with Crippen molar-refractivity contribution in [1.29, 1.82) is 0 Å². The number of halogens is 2. The molecule has 35 heavy (non-hydrogen) atoms. The van der Waals surface area contributed by atoms with Gasteiger partial charge in [-0.05, 0) is 51.2 Å². The van der Waals surface area contributed by atoms with Gasteiger partial charge in [0.1, 0.15) is 18.0 Å². The number of aliphatic hydroxyl groups excluding tert-OH is 1. The summed E-state index contributed by atoms with van der Waals surface area (Å²) in [5.74, 6) is -0.0718. The summed E-state index contributed by atoms with van der Waals surface area (Å²) < 4.78 is 15.0. The number of aliphatic hydroxyl groups is 1. The Morgan fingerprint density at radius 2 is 2.00 bits per heavy atom. The van der Waals surface area contributed by atoms with E-state index in [0.717, 1.165) is 24.2 Å². The lowest BCUT2D eigenvalue weighted by Crippen LogP contribution is -2.53. The summed E-state index contributed by atoms with van der Waals surface area (Å²) in [4.78, 5) is 26.7. The Morgan fingerprint density at radius 3 is 2.66 bits per heavy atom. The number of anilines is 1. The second kappa shape index (κ2) is 9.30. The van der Waals surface area contributed by atoms with Crippen LogP contribution in [0.5, 0.6) is 0 Å². The van der Waals surface area contributed by atoms with Crippen LogP contribution in [0.2, 0.25) is 5.02 Å². The van der Waals surface area contributed by atoms with Gasteiger partial charge in [-0.2, -0.15) is 0 Å². The van der Waals surface area contributed by atoms with Crippen molar-refractivity contribution in [3.63, 3.8) is 0 Å². The predicted molar refractivity (Wildman–Crippen MR) is 133 cm³/mol. The molecular weight excluding hydrogens is 469 g/mol. The molecular formula is C26H33ClFN5O2. The van der Waals surface area contributed by atoms with Crippen molar-refractivity contribution in [2.75, 3.05) is 31.1 Å². The van der Waals surface area contributed by atoms with Crippen LogP contribution >= 0.6 is 11.6 Å². The zero-order chi connectivity index (χ0) is 24.9. The number of hydrogen-bond acceptors (Lipinski definition) is 6. The fourth-order valence-electron chi connectivity index (χ4n) is 5.98. The molecule has 2 fully saturated rings. The summed E-state index contributed by atoms with van der Waals surface area (Å²) in [5, 5.41) is 14.2. The molecule has 7 nitrogen and oxygen atoms in total. The number of fused-ring (bicyclic) bond motifs is 1. The Labute approximate surface area is 210 Å². The molecule has 9 heteroatoms. The van der Waals surface area contributed by atoms with Gasteiger partial charge in [0.15, 0.2) is 0 Å². The van der Waals surface area contributed by atoms with E-state index in [1.807, 2.05) is 4.90 Å². The molecule has 3 heterocycles. The zero-order valence-electron chi connectivity index (χ0n) is 20.5. The molecule has 5 rings (SSSR count). The Kier molecular flexibility index (Phi) is 6.48. The Bertz CT molecular complexity index is 1120. The van der Waals surface area contributed by atoms with Gasteiger partial charge in [0.25, 0.3) is 0 Å². The first kappa shape index (κ1) is 24.4. The van der Waals surface area contributed by atoms with Crippen molar-refractivity contribution in [1.82, 2.24) is 20.2 Å². The third-order valence-corrected chi connectivity index (χ3v) is 8.03. The third-order valence-electron chi connectivity index (χ3n) is 7.79. The SMILES string of the molecule is C[C@@H]1C[C@@H](O)c2ncnc(N3CCN(C(=O)C(c4ccc(Cl)cc4F)C4CCC(C)(C)N4)CC3)c21. The van der Waals surface area contributed by atoms with Crippen LogP contribution in [0.3, 0.4) is 0 Å². The Hall–Kier alpha value is -2.29. The number of nitrogens with zero attached hydrogens (tertiary/aromatic N) is 4. The fraction of sp³-hybridized carbons (Fsp3) is 0.577. The van der Waals surface area contributed by atoms with Crippen LogP contribution < -0.4 is 10.2 Å². The van der Waals surface area contributed by atoms with E-state index in [0.29, 0.717) is 48.9 Å². The van der Waals surface area contributed by atoms with Gasteiger partial charge in [-0.1, -0.05) is 24.6 Å². The lowest BCUT2D eigenvalue weighted by atomic mass is 9.88. The van der Waals surface area contributed by atoms with Crippen molar-refractivity contribution in [2.45, 2.75) is 69.6 Å². The number of rotatable bonds is 4. The molecule has 1 aromatic carbocycles. The lowest BCUT2D eigenvalue weighted by molar-refractivity contribution is -0.133. The second-order valence-corrected chi connectivity index (χ2v) is 11.2. The average molecular weight is 502 g/mol. The molecule has 1 aromatic heterocycles. The molecule has 0 saturated carbocycles. The standard InChI is InChI=1S/C26H33ClFN5O2/c1-15-12-20(34)23-21(15)24(30-14-29-23)32-8-10-33(11-9-32)25(35)22(19-6-7-26(2,3)31-19)17-5-4-16(27)13-18(17)28/h4-5,13-15,19-20,22,31,34H,6-12H2,1-3H3/t15-,19?,20-,22?/m1/s1. The summed E-state index contributed by atoms with van der Waals surface area (Å²) in [7, 11) is 0.